The van der Waals surface area contributed by atoms with Crippen LogP contribution in [0.25, 0.3) is 0 Å². The number of amides is 3. The lowest BCUT2D eigenvalue weighted by atomic mass is 10.1. The monoisotopic (exact) mass is 354 g/mol. The van der Waals surface area contributed by atoms with Gasteiger partial charge in [0.2, 0.25) is 0 Å². The van der Waals surface area contributed by atoms with Crippen LogP contribution in [0.15, 0.2) is 60.7 Å². The van der Waals surface area contributed by atoms with Crippen LogP contribution in [0.2, 0.25) is 0 Å². The van der Waals surface area contributed by atoms with Crippen molar-refractivity contribution in [1.82, 2.24) is 10.2 Å². The van der Waals surface area contributed by atoms with Crippen molar-refractivity contribution in [3.05, 3.63) is 71.8 Å². The van der Waals surface area contributed by atoms with Gasteiger partial charge in [-0.25, -0.2) is 4.79 Å². The third kappa shape index (κ3) is 4.68. The summed E-state index contributed by atoms with van der Waals surface area (Å²) in [4.78, 5) is 25.6. The third-order valence-corrected chi connectivity index (χ3v) is 4.20. The van der Waals surface area contributed by atoms with Crippen LogP contribution in [0, 0.1) is 0 Å². The van der Waals surface area contributed by atoms with Gasteiger partial charge in [-0.2, -0.15) is 0 Å². The molecule has 0 saturated carbocycles. The zero-order chi connectivity index (χ0) is 18.4. The average molecular weight is 354 g/mol. The van der Waals surface area contributed by atoms with E-state index >= 15 is 0 Å². The second-order valence-corrected chi connectivity index (χ2v) is 6.30. The van der Waals surface area contributed by atoms with E-state index in [-0.39, 0.29) is 19.1 Å². The molecule has 1 aliphatic rings. The predicted molar refractivity (Wildman–Crippen MR) is 96.3 cm³/mol. The minimum atomic E-state index is -0.927. The molecule has 3 amide bonds. The summed E-state index contributed by atoms with van der Waals surface area (Å²) in [6.45, 7) is 0.342. The van der Waals surface area contributed by atoms with Crippen LogP contribution in [0.4, 0.5) is 4.79 Å². The van der Waals surface area contributed by atoms with Crippen LogP contribution in [0.3, 0.4) is 0 Å². The molecule has 2 aromatic carbocycles. The maximum Gasteiger partial charge on any atom is 0.324 e. The fourth-order valence-corrected chi connectivity index (χ4v) is 2.89. The molecule has 1 saturated heterocycles. The molecule has 2 aromatic rings. The Morgan fingerprint density at radius 2 is 1.62 bits per heavy atom. The maximum absolute atomic E-state index is 12.4. The molecule has 136 valence electrons. The highest BCUT2D eigenvalue weighted by Gasteiger charge is 2.38. The number of aliphatic hydroxyl groups is 1. The number of hydrogen-bond donors (Lipinski definition) is 2. The van der Waals surface area contributed by atoms with Crippen LogP contribution >= 0.6 is 0 Å². The summed E-state index contributed by atoms with van der Waals surface area (Å²) in [7, 11) is 0. The van der Waals surface area contributed by atoms with Crippen molar-refractivity contribution >= 4 is 11.9 Å². The van der Waals surface area contributed by atoms with Gasteiger partial charge < -0.3 is 15.2 Å². The van der Waals surface area contributed by atoms with Gasteiger partial charge in [-0.15, -0.1) is 0 Å². The fourth-order valence-electron chi connectivity index (χ4n) is 2.89. The number of imide groups is 1. The molecule has 0 radical (unpaired) electrons. The predicted octanol–water partition coefficient (Wildman–Crippen LogP) is 1.73. The van der Waals surface area contributed by atoms with Gasteiger partial charge in [-0.3, -0.25) is 9.69 Å². The minimum absolute atomic E-state index is 0.0509. The molecule has 6 heteroatoms. The number of hydrogen-bond acceptors (Lipinski definition) is 4. The summed E-state index contributed by atoms with van der Waals surface area (Å²) in [5.74, 6) is -0.319. The standard InChI is InChI=1S/C20H22N2O4/c23-17(14-26-13-16-9-5-2-6-10-16)12-22-19(24)18(21-20(22)25)11-15-7-3-1-4-8-15/h1-10,17-18,23H,11-14H2,(H,21,25). The fraction of sp³-hybridized carbons (Fsp3) is 0.300. The lowest BCUT2D eigenvalue weighted by Crippen LogP contribution is -2.39. The highest BCUT2D eigenvalue weighted by Crippen LogP contribution is 2.13. The van der Waals surface area contributed by atoms with Crippen molar-refractivity contribution in [3.63, 3.8) is 0 Å². The third-order valence-electron chi connectivity index (χ3n) is 4.20. The first kappa shape index (κ1) is 18.1. The van der Waals surface area contributed by atoms with Gasteiger partial charge in [0.05, 0.1) is 25.9 Å². The van der Waals surface area contributed by atoms with Gasteiger partial charge in [0.1, 0.15) is 6.04 Å². The Kier molecular flexibility index (Phi) is 5.99. The minimum Gasteiger partial charge on any atom is -0.389 e. The van der Waals surface area contributed by atoms with Crippen LogP contribution in [0.1, 0.15) is 11.1 Å². The lowest BCUT2D eigenvalue weighted by molar-refractivity contribution is -0.128. The number of aliphatic hydroxyl groups excluding tert-OH is 1. The first-order valence-corrected chi connectivity index (χ1v) is 8.59. The molecule has 1 aliphatic heterocycles. The Bertz CT molecular complexity index is 736. The number of carbonyl (C=O) groups excluding carboxylic acids is 2. The first-order valence-electron chi connectivity index (χ1n) is 8.59. The van der Waals surface area contributed by atoms with Crippen molar-refractivity contribution in [3.8, 4) is 0 Å². The topological polar surface area (TPSA) is 78.9 Å². The zero-order valence-corrected chi connectivity index (χ0v) is 14.4. The van der Waals surface area contributed by atoms with E-state index in [9.17, 15) is 14.7 Å². The molecule has 2 N–H and O–H groups in total. The molecule has 1 fully saturated rings. The lowest BCUT2D eigenvalue weighted by Gasteiger charge is -2.18. The van der Waals surface area contributed by atoms with Crippen molar-refractivity contribution in [2.45, 2.75) is 25.2 Å². The number of nitrogens with zero attached hydrogens (tertiary/aromatic N) is 1. The van der Waals surface area contributed by atoms with Gasteiger partial charge in [-0.1, -0.05) is 60.7 Å². The summed E-state index contributed by atoms with van der Waals surface area (Å²) in [6, 6.07) is 18.0. The number of β-amino-alcohol motifs (C(OH)–C–C–N with tert-alkyl or cyclic N) is 1. The maximum atomic E-state index is 12.4. The second-order valence-electron chi connectivity index (χ2n) is 6.30. The van der Waals surface area contributed by atoms with Gasteiger partial charge >= 0.3 is 6.03 Å². The van der Waals surface area contributed by atoms with Crippen molar-refractivity contribution in [2.24, 2.45) is 0 Å². The normalized spacial score (nSPS) is 18.0. The van der Waals surface area contributed by atoms with Gasteiger partial charge in [0.15, 0.2) is 0 Å². The van der Waals surface area contributed by atoms with E-state index in [4.69, 9.17) is 4.74 Å². The summed E-state index contributed by atoms with van der Waals surface area (Å²) in [5, 5.41) is 12.8. The van der Waals surface area contributed by atoms with E-state index in [1.54, 1.807) is 0 Å². The molecule has 0 bridgehead atoms. The van der Waals surface area contributed by atoms with Crippen molar-refractivity contribution in [2.75, 3.05) is 13.2 Å². The smallest absolute Gasteiger partial charge is 0.324 e. The van der Waals surface area contributed by atoms with E-state index in [0.29, 0.717) is 13.0 Å². The summed E-state index contributed by atoms with van der Waals surface area (Å²) in [6.07, 6.45) is -0.494. The number of urea groups is 1. The highest BCUT2D eigenvalue weighted by atomic mass is 16.5. The molecule has 2 unspecified atom stereocenters. The highest BCUT2D eigenvalue weighted by molar-refractivity contribution is 6.04. The number of ether oxygens (including phenoxy) is 1. The van der Waals surface area contributed by atoms with Gasteiger partial charge in [-0.05, 0) is 11.1 Å². The Labute approximate surface area is 152 Å². The zero-order valence-electron chi connectivity index (χ0n) is 14.4. The summed E-state index contributed by atoms with van der Waals surface area (Å²) < 4.78 is 5.47. The van der Waals surface area contributed by atoms with Crippen LogP contribution in [-0.2, 0) is 22.6 Å². The van der Waals surface area contributed by atoms with Gasteiger partial charge in [0, 0.05) is 6.42 Å². The number of rotatable bonds is 8. The van der Waals surface area contributed by atoms with Crippen molar-refractivity contribution < 1.29 is 19.4 Å². The number of carbonyl (C=O) groups is 2. The molecule has 0 aromatic heterocycles. The molecule has 6 nitrogen and oxygen atoms in total. The van der Waals surface area contributed by atoms with E-state index in [1.807, 2.05) is 60.7 Å². The number of benzene rings is 2. The Hall–Kier alpha value is -2.70. The summed E-state index contributed by atoms with van der Waals surface area (Å²) >= 11 is 0. The first-order chi connectivity index (χ1) is 12.6. The van der Waals surface area contributed by atoms with E-state index in [0.717, 1.165) is 16.0 Å². The van der Waals surface area contributed by atoms with Crippen LogP contribution < -0.4 is 5.32 Å². The molecule has 0 spiro atoms. The Morgan fingerprint density at radius 3 is 2.27 bits per heavy atom. The van der Waals surface area contributed by atoms with Crippen LogP contribution in [0.5, 0.6) is 0 Å². The molecule has 3 rings (SSSR count). The number of nitrogens with one attached hydrogen (secondary N) is 1. The van der Waals surface area contributed by atoms with E-state index in [2.05, 4.69) is 5.32 Å². The molecule has 1 heterocycles. The quantitative estimate of drug-likeness (QED) is 0.708. The van der Waals surface area contributed by atoms with Gasteiger partial charge in [0.25, 0.3) is 5.91 Å². The SMILES string of the molecule is O=C1NC(Cc2ccccc2)C(=O)N1CC(O)COCc1ccccc1. The molecular weight excluding hydrogens is 332 g/mol. The molecule has 2 atom stereocenters. The van der Waals surface area contributed by atoms with Crippen molar-refractivity contribution in [1.29, 1.82) is 0 Å². The largest absolute Gasteiger partial charge is 0.389 e. The molecule has 26 heavy (non-hydrogen) atoms. The Morgan fingerprint density at radius 1 is 1.00 bits per heavy atom. The van der Waals surface area contributed by atoms with Crippen LogP contribution in [-0.4, -0.2) is 47.2 Å². The second kappa shape index (κ2) is 8.60. The van der Waals surface area contributed by atoms with E-state index in [1.165, 1.54) is 0 Å². The summed E-state index contributed by atoms with van der Waals surface area (Å²) in [5.41, 5.74) is 1.97. The van der Waals surface area contributed by atoms with E-state index < -0.39 is 18.2 Å². The average Bonchev–Trinajstić information content (AvgIpc) is 2.91. The Balaban J connectivity index is 1.47. The molecular formula is C20H22N2O4. The molecule has 0 aliphatic carbocycles.